The lowest BCUT2D eigenvalue weighted by molar-refractivity contribution is 0.302. The van der Waals surface area contributed by atoms with Crippen LogP contribution in [0.1, 0.15) is 50.0 Å². The first kappa shape index (κ1) is 13.5. The summed E-state index contributed by atoms with van der Waals surface area (Å²) < 4.78 is 26.8. The number of rotatable bonds is 4. The minimum absolute atomic E-state index is 0.190. The zero-order chi connectivity index (χ0) is 13.0. The Morgan fingerprint density at radius 3 is 2.50 bits per heavy atom. The van der Waals surface area contributed by atoms with Gasteiger partial charge in [0.15, 0.2) is 0 Å². The van der Waals surface area contributed by atoms with Gasteiger partial charge in [0, 0.05) is 0 Å². The van der Waals surface area contributed by atoms with Gasteiger partial charge in [-0.2, -0.15) is 0 Å². The Morgan fingerprint density at radius 2 is 1.83 bits per heavy atom. The molecule has 1 aliphatic carbocycles. The second-order valence-corrected chi connectivity index (χ2v) is 5.31. The summed E-state index contributed by atoms with van der Waals surface area (Å²) in [6.45, 7) is 0.748. The summed E-state index contributed by atoms with van der Waals surface area (Å²) in [5.74, 6) is 0.315. The maximum atomic E-state index is 13.7. The average molecular weight is 253 g/mol. The molecule has 100 valence electrons. The van der Waals surface area contributed by atoms with Crippen molar-refractivity contribution < 1.29 is 8.78 Å². The number of benzene rings is 1. The van der Waals surface area contributed by atoms with E-state index in [0.29, 0.717) is 5.56 Å². The third kappa shape index (κ3) is 3.29. The zero-order valence-electron chi connectivity index (χ0n) is 10.7. The van der Waals surface area contributed by atoms with Crippen LogP contribution in [0.25, 0.3) is 0 Å². The molecule has 1 aromatic rings. The molecule has 0 radical (unpaired) electrons. The van der Waals surface area contributed by atoms with E-state index in [4.69, 9.17) is 5.73 Å². The highest BCUT2D eigenvalue weighted by Crippen LogP contribution is 2.38. The summed E-state index contributed by atoms with van der Waals surface area (Å²) >= 11 is 0. The normalized spacial score (nSPS) is 24.2. The van der Waals surface area contributed by atoms with Crippen molar-refractivity contribution in [3.05, 3.63) is 35.4 Å². The second-order valence-electron chi connectivity index (χ2n) is 5.31. The molecule has 0 saturated heterocycles. The molecule has 0 bridgehead atoms. The van der Waals surface area contributed by atoms with Crippen LogP contribution in [0.2, 0.25) is 0 Å². The van der Waals surface area contributed by atoms with Crippen LogP contribution in [0.15, 0.2) is 18.2 Å². The fourth-order valence-corrected chi connectivity index (χ4v) is 3.00. The van der Waals surface area contributed by atoms with Gasteiger partial charge in [-0.1, -0.05) is 0 Å². The van der Waals surface area contributed by atoms with Gasteiger partial charge in [0.2, 0.25) is 0 Å². The SMILES string of the molecule is NCCCC1CCC(c2cc(F)ccc2F)CC1. The predicted molar refractivity (Wildman–Crippen MR) is 69.3 cm³/mol. The van der Waals surface area contributed by atoms with E-state index in [1.165, 1.54) is 24.6 Å². The van der Waals surface area contributed by atoms with Gasteiger partial charge >= 0.3 is 0 Å². The highest BCUT2D eigenvalue weighted by molar-refractivity contribution is 5.23. The third-order valence-corrected chi connectivity index (χ3v) is 4.06. The molecule has 1 saturated carbocycles. The lowest BCUT2D eigenvalue weighted by atomic mass is 9.77. The van der Waals surface area contributed by atoms with Crippen LogP contribution in [0.4, 0.5) is 8.78 Å². The van der Waals surface area contributed by atoms with Crippen molar-refractivity contribution in [3.63, 3.8) is 0 Å². The van der Waals surface area contributed by atoms with Crippen LogP contribution in [0.5, 0.6) is 0 Å². The van der Waals surface area contributed by atoms with Crippen molar-refractivity contribution in [1.29, 1.82) is 0 Å². The van der Waals surface area contributed by atoms with Crippen molar-refractivity contribution >= 4 is 0 Å². The summed E-state index contributed by atoms with van der Waals surface area (Å²) in [6, 6.07) is 3.79. The van der Waals surface area contributed by atoms with E-state index in [0.717, 1.165) is 44.6 Å². The minimum atomic E-state index is -0.336. The van der Waals surface area contributed by atoms with Crippen molar-refractivity contribution in [2.75, 3.05) is 6.54 Å². The predicted octanol–water partition coefficient (Wildman–Crippen LogP) is 3.98. The fourth-order valence-electron chi connectivity index (χ4n) is 3.00. The van der Waals surface area contributed by atoms with Gasteiger partial charge in [-0.3, -0.25) is 0 Å². The maximum absolute atomic E-state index is 13.7. The maximum Gasteiger partial charge on any atom is 0.126 e. The van der Waals surface area contributed by atoms with E-state index in [2.05, 4.69) is 0 Å². The molecule has 1 aromatic carbocycles. The highest BCUT2D eigenvalue weighted by atomic mass is 19.1. The van der Waals surface area contributed by atoms with Crippen molar-refractivity contribution in [2.45, 2.75) is 44.4 Å². The summed E-state index contributed by atoms with van der Waals surface area (Å²) in [5, 5.41) is 0. The smallest absolute Gasteiger partial charge is 0.126 e. The Bertz CT molecular complexity index is 384. The summed E-state index contributed by atoms with van der Waals surface area (Å²) in [5.41, 5.74) is 6.07. The van der Waals surface area contributed by atoms with Gasteiger partial charge in [0.05, 0.1) is 0 Å². The first-order chi connectivity index (χ1) is 8.70. The average Bonchev–Trinajstić information content (AvgIpc) is 2.40. The van der Waals surface area contributed by atoms with Crippen molar-refractivity contribution in [1.82, 2.24) is 0 Å². The molecule has 3 heteroatoms. The topological polar surface area (TPSA) is 26.0 Å². The summed E-state index contributed by atoms with van der Waals surface area (Å²) in [4.78, 5) is 0. The van der Waals surface area contributed by atoms with E-state index < -0.39 is 0 Å². The van der Waals surface area contributed by atoms with Crippen LogP contribution in [0.3, 0.4) is 0 Å². The summed E-state index contributed by atoms with van der Waals surface area (Å²) in [6.07, 6.45) is 6.41. The zero-order valence-corrected chi connectivity index (χ0v) is 10.7. The molecular formula is C15H21F2N. The van der Waals surface area contributed by atoms with Gasteiger partial charge in [-0.25, -0.2) is 8.78 Å². The van der Waals surface area contributed by atoms with Gasteiger partial charge in [0.1, 0.15) is 11.6 Å². The molecular weight excluding hydrogens is 232 g/mol. The molecule has 0 unspecified atom stereocenters. The molecule has 0 atom stereocenters. The Morgan fingerprint density at radius 1 is 1.11 bits per heavy atom. The highest BCUT2D eigenvalue weighted by Gasteiger charge is 2.24. The Kier molecular flexibility index (Phi) is 4.70. The number of hydrogen-bond acceptors (Lipinski definition) is 1. The molecule has 0 aromatic heterocycles. The molecule has 0 aliphatic heterocycles. The molecule has 1 nitrogen and oxygen atoms in total. The minimum Gasteiger partial charge on any atom is -0.330 e. The largest absolute Gasteiger partial charge is 0.330 e. The quantitative estimate of drug-likeness (QED) is 0.863. The number of halogens is 2. The van der Waals surface area contributed by atoms with Crippen molar-refractivity contribution in [2.24, 2.45) is 11.7 Å². The Hall–Kier alpha value is -0.960. The van der Waals surface area contributed by atoms with Crippen LogP contribution in [0, 0.1) is 17.6 Å². The molecule has 1 fully saturated rings. The Balaban J connectivity index is 1.94. The van der Waals surface area contributed by atoms with Gasteiger partial charge in [0.25, 0.3) is 0 Å². The van der Waals surface area contributed by atoms with Crippen molar-refractivity contribution in [3.8, 4) is 0 Å². The van der Waals surface area contributed by atoms with Gasteiger partial charge in [-0.15, -0.1) is 0 Å². The number of hydrogen-bond donors (Lipinski definition) is 1. The number of nitrogens with two attached hydrogens (primary N) is 1. The van der Waals surface area contributed by atoms with E-state index >= 15 is 0 Å². The standard InChI is InChI=1S/C15H21F2N/c16-13-7-8-15(17)14(10-13)12-5-3-11(4-6-12)2-1-9-18/h7-8,10-12H,1-6,9,18H2. The molecule has 0 amide bonds. The monoisotopic (exact) mass is 253 g/mol. The first-order valence-corrected chi connectivity index (χ1v) is 6.85. The van der Waals surface area contributed by atoms with E-state index in [1.54, 1.807) is 0 Å². The molecule has 0 heterocycles. The molecule has 0 spiro atoms. The van der Waals surface area contributed by atoms with Crippen LogP contribution in [-0.4, -0.2) is 6.54 Å². The Labute approximate surface area is 107 Å². The second kappa shape index (κ2) is 6.28. The lowest BCUT2D eigenvalue weighted by Crippen LogP contribution is -2.15. The first-order valence-electron chi connectivity index (χ1n) is 6.85. The van der Waals surface area contributed by atoms with Gasteiger partial charge < -0.3 is 5.73 Å². The van der Waals surface area contributed by atoms with Crippen LogP contribution < -0.4 is 5.73 Å². The third-order valence-electron chi connectivity index (χ3n) is 4.06. The van der Waals surface area contributed by atoms with E-state index in [9.17, 15) is 8.78 Å². The molecule has 2 N–H and O–H groups in total. The fraction of sp³-hybridized carbons (Fsp3) is 0.600. The molecule has 18 heavy (non-hydrogen) atoms. The molecule has 1 aliphatic rings. The van der Waals surface area contributed by atoms with Crippen LogP contribution >= 0.6 is 0 Å². The van der Waals surface area contributed by atoms with E-state index in [1.807, 2.05) is 0 Å². The summed E-state index contributed by atoms with van der Waals surface area (Å²) in [7, 11) is 0. The molecule has 2 rings (SSSR count). The van der Waals surface area contributed by atoms with E-state index in [-0.39, 0.29) is 17.6 Å². The lowest BCUT2D eigenvalue weighted by Gasteiger charge is -2.29. The van der Waals surface area contributed by atoms with Gasteiger partial charge in [-0.05, 0) is 80.7 Å². The van der Waals surface area contributed by atoms with Crippen LogP contribution in [-0.2, 0) is 0 Å².